The number of rotatable bonds is 2. The van der Waals surface area contributed by atoms with Crippen LogP contribution in [0.3, 0.4) is 0 Å². The number of fused-ring (bicyclic) bond motifs is 3. The van der Waals surface area contributed by atoms with E-state index >= 15 is 0 Å². The first-order chi connectivity index (χ1) is 16.7. The summed E-state index contributed by atoms with van der Waals surface area (Å²) in [6.07, 6.45) is 1.15. The number of carbonyl (C=O) groups excluding carboxylic acids is 1. The summed E-state index contributed by atoms with van der Waals surface area (Å²) >= 11 is 0. The molecule has 0 saturated carbocycles. The van der Waals surface area contributed by atoms with E-state index in [0.29, 0.717) is 12.2 Å². The fourth-order valence-corrected chi connectivity index (χ4v) is 5.24. The summed E-state index contributed by atoms with van der Waals surface area (Å²) in [5.74, 6) is 3.09. The largest absolute Gasteiger partial charge is 0.454 e. The minimum absolute atomic E-state index is 0.0518. The van der Waals surface area contributed by atoms with Crippen LogP contribution >= 0.6 is 0 Å². The van der Waals surface area contributed by atoms with Gasteiger partial charge in [0.1, 0.15) is 0 Å². The highest BCUT2D eigenvalue weighted by Gasteiger charge is 2.37. The van der Waals surface area contributed by atoms with Crippen LogP contribution in [0.15, 0.2) is 71.9 Å². The normalized spacial score (nSPS) is 21.8. The number of benzene rings is 3. The van der Waals surface area contributed by atoms with Gasteiger partial charge in [-0.05, 0) is 59.9 Å². The molecule has 0 fully saturated rings. The fraction of sp³-hybridized carbons (Fsp3) is 0.222. The lowest BCUT2D eigenvalue weighted by Crippen LogP contribution is -2.26. The predicted octanol–water partition coefficient (Wildman–Crippen LogP) is 5.12. The third-order valence-corrected chi connectivity index (χ3v) is 6.91. The van der Waals surface area contributed by atoms with Gasteiger partial charge in [-0.1, -0.05) is 24.3 Å². The van der Waals surface area contributed by atoms with Crippen molar-refractivity contribution in [3.8, 4) is 23.0 Å². The number of ketones is 1. The maximum absolute atomic E-state index is 13.7. The molecule has 0 aromatic heterocycles. The maximum atomic E-state index is 13.7. The Bertz CT molecular complexity index is 1360. The number of hydrogen-bond donors (Lipinski definition) is 2. The molecule has 34 heavy (non-hydrogen) atoms. The van der Waals surface area contributed by atoms with Crippen LogP contribution in [-0.4, -0.2) is 19.4 Å². The van der Waals surface area contributed by atoms with E-state index in [0.717, 1.165) is 57.4 Å². The Labute approximate surface area is 196 Å². The molecule has 3 aromatic carbocycles. The second kappa shape index (κ2) is 7.45. The first kappa shape index (κ1) is 19.3. The smallest absolute Gasteiger partial charge is 0.231 e. The topological polar surface area (TPSA) is 78.1 Å². The standard InChI is InChI=1S/C27H22N2O5/c30-21-10-17(15-5-7-22-24(11-15)33-13-31-22)9-20-26(21)27(29-19-4-2-1-3-18(19)28-20)16-6-8-23-25(12-16)34-14-32-23/h1-8,11-12,17,27-29H,9-10,13-14H2/t17-,27+/m0/s1. The lowest BCUT2D eigenvalue weighted by atomic mass is 9.78. The number of hydrogen-bond acceptors (Lipinski definition) is 7. The Morgan fingerprint density at radius 2 is 1.35 bits per heavy atom. The predicted molar refractivity (Wildman–Crippen MR) is 126 cm³/mol. The van der Waals surface area contributed by atoms with Gasteiger partial charge in [0.05, 0.1) is 17.4 Å². The zero-order valence-corrected chi connectivity index (χ0v) is 18.3. The van der Waals surface area contributed by atoms with Gasteiger partial charge in [-0.3, -0.25) is 4.79 Å². The van der Waals surface area contributed by atoms with Crippen LogP contribution in [-0.2, 0) is 4.79 Å². The van der Waals surface area contributed by atoms with Crippen molar-refractivity contribution >= 4 is 17.2 Å². The van der Waals surface area contributed by atoms with E-state index in [1.54, 1.807) is 0 Å². The van der Waals surface area contributed by atoms with Gasteiger partial charge >= 0.3 is 0 Å². The second-order valence-corrected chi connectivity index (χ2v) is 8.89. The molecule has 4 aliphatic rings. The molecule has 3 heterocycles. The average Bonchev–Trinajstić information content (AvgIpc) is 3.48. The van der Waals surface area contributed by atoms with Gasteiger partial charge in [-0.25, -0.2) is 0 Å². The van der Waals surface area contributed by atoms with Gasteiger partial charge in [0, 0.05) is 17.7 Å². The Kier molecular flexibility index (Phi) is 4.24. The molecule has 0 saturated heterocycles. The highest BCUT2D eigenvalue weighted by molar-refractivity contribution is 6.01. The maximum Gasteiger partial charge on any atom is 0.231 e. The van der Waals surface area contributed by atoms with Crippen molar-refractivity contribution in [2.24, 2.45) is 0 Å². The highest BCUT2D eigenvalue weighted by atomic mass is 16.7. The highest BCUT2D eigenvalue weighted by Crippen LogP contribution is 2.46. The molecule has 0 unspecified atom stereocenters. The molecule has 2 N–H and O–H groups in total. The molecule has 7 rings (SSSR count). The Morgan fingerprint density at radius 3 is 2.12 bits per heavy atom. The molecule has 7 nitrogen and oxygen atoms in total. The summed E-state index contributed by atoms with van der Waals surface area (Å²) in [6.45, 7) is 0.449. The molecule has 3 aromatic rings. The third-order valence-electron chi connectivity index (χ3n) is 6.91. The minimum Gasteiger partial charge on any atom is -0.454 e. The lowest BCUT2D eigenvalue weighted by Gasteiger charge is -2.30. The lowest BCUT2D eigenvalue weighted by molar-refractivity contribution is -0.116. The van der Waals surface area contributed by atoms with Gasteiger partial charge < -0.3 is 29.6 Å². The van der Waals surface area contributed by atoms with E-state index in [1.165, 1.54) is 0 Å². The van der Waals surface area contributed by atoms with Crippen molar-refractivity contribution in [1.29, 1.82) is 0 Å². The molecule has 0 amide bonds. The fourth-order valence-electron chi connectivity index (χ4n) is 5.24. The van der Waals surface area contributed by atoms with E-state index in [2.05, 4.69) is 10.6 Å². The van der Waals surface area contributed by atoms with Crippen molar-refractivity contribution in [3.05, 3.63) is 83.1 Å². The van der Waals surface area contributed by atoms with Crippen LogP contribution in [0.25, 0.3) is 0 Å². The van der Waals surface area contributed by atoms with Crippen molar-refractivity contribution in [1.82, 2.24) is 0 Å². The van der Waals surface area contributed by atoms with E-state index in [-0.39, 0.29) is 31.3 Å². The summed E-state index contributed by atoms with van der Waals surface area (Å²) in [7, 11) is 0. The van der Waals surface area contributed by atoms with Crippen LogP contribution in [0.4, 0.5) is 11.4 Å². The molecule has 0 radical (unpaired) electrons. The molecule has 7 heteroatoms. The van der Waals surface area contributed by atoms with E-state index in [4.69, 9.17) is 18.9 Å². The van der Waals surface area contributed by atoms with Gasteiger partial charge in [0.2, 0.25) is 13.6 Å². The summed E-state index contributed by atoms with van der Waals surface area (Å²) < 4.78 is 22.1. The zero-order valence-electron chi connectivity index (χ0n) is 18.3. The zero-order chi connectivity index (χ0) is 22.6. The summed E-state index contributed by atoms with van der Waals surface area (Å²) in [5, 5.41) is 7.19. The Morgan fingerprint density at radius 1 is 0.706 bits per heavy atom. The van der Waals surface area contributed by atoms with Crippen LogP contribution in [0.5, 0.6) is 23.0 Å². The average molecular weight is 454 g/mol. The number of nitrogens with one attached hydrogen (secondary N) is 2. The van der Waals surface area contributed by atoms with Gasteiger partial charge in [0.15, 0.2) is 28.8 Å². The van der Waals surface area contributed by atoms with Crippen molar-refractivity contribution in [2.75, 3.05) is 24.2 Å². The Hall–Kier alpha value is -4.13. The van der Waals surface area contributed by atoms with Crippen LogP contribution in [0, 0.1) is 0 Å². The molecule has 0 bridgehead atoms. The molecular formula is C27H22N2O5. The van der Waals surface area contributed by atoms with Crippen LogP contribution < -0.4 is 29.6 Å². The first-order valence-electron chi connectivity index (χ1n) is 11.4. The van der Waals surface area contributed by atoms with Crippen molar-refractivity contribution < 1.29 is 23.7 Å². The Balaban J connectivity index is 1.31. The number of anilines is 2. The first-order valence-corrected chi connectivity index (χ1v) is 11.4. The second-order valence-electron chi connectivity index (χ2n) is 8.89. The number of Topliss-reactive ketones (excluding diaryl/α,β-unsaturated/α-hetero) is 1. The number of para-hydroxylation sites is 2. The van der Waals surface area contributed by atoms with Crippen LogP contribution in [0.1, 0.15) is 35.9 Å². The van der Waals surface area contributed by atoms with Gasteiger partial charge in [-0.15, -0.1) is 0 Å². The number of allylic oxidation sites excluding steroid dienone is 1. The quantitative estimate of drug-likeness (QED) is 0.556. The molecule has 170 valence electrons. The molecule has 3 aliphatic heterocycles. The molecule has 1 aliphatic carbocycles. The summed E-state index contributed by atoms with van der Waals surface area (Å²) in [5.41, 5.74) is 5.66. The number of carbonyl (C=O) groups is 1. The number of ether oxygens (including phenoxy) is 4. The molecule has 2 atom stereocenters. The summed E-state index contributed by atoms with van der Waals surface area (Å²) in [4.78, 5) is 13.7. The monoisotopic (exact) mass is 454 g/mol. The van der Waals surface area contributed by atoms with Gasteiger partial charge in [0.25, 0.3) is 0 Å². The third kappa shape index (κ3) is 3.08. The summed E-state index contributed by atoms with van der Waals surface area (Å²) in [6, 6.07) is 19.6. The van der Waals surface area contributed by atoms with Gasteiger partial charge in [-0.2, -0.15) is 0 Å². The van der Waals surface area contributed by atoms with E-state index < -0.39 is 0 Å². The molecular weight excluding hydrogens is 432 g/mol. The minimum atomic E-state index is -0.300. The van der Waals surface area contributed by atoms with E-state index in [1.807, 2.05) is 60.7 Å². The van der Waals surface area contributed by atoms with Crippen molar-refractivity contribution in [2.45, 2.75) is 24.8 Å². The molecule has 0 spiro atoms. The van der Waals surface area contributed by atoms with Crippen LogP contribution in [0.2, 0.25) is 0 Å². The van der Waals surface area contributed by atoms with E-state index in [9.17, 15) is 4.79 Å². The van der Waals surface area contributed by atoms with Crippen molar-refractivity contribution in [3.63, 3.8) is 0 Å². The SMILES string of the molecule is O=C1C[C@@H](c2ccc3c(c2)OCO3)CC2=C1[C@@H](c1ccc3c(c1)OCO3)Nc1ccccc1N2.